The lowest BCUT2D eigenvalue weighted by atomic mass is 9.88. The molecule has 3 atom stereocenters. The van der Waals surface area contributed by atoms with E-state index >= 15 is 0 Å². The zero-order valence-electron chi connectivity index (χ0n) is 11.0. The van der Waals surface area contributed by atoms with Crippen molar-refractivity contribution in [3.05, 3.63) is 35.5 Å². The zero-order valence-corrected chi connectivity index (χ0v) is 11.0. The molecule has 1 aliphatic carbocycles. The molecule has 1 fully saturated rings. The van der Waals surface area contributed by atoms with Crippen molar-refractivity contribution in [1.82, 2.24) is 0 Å². The van der Waals surface area contributed by atoms with Crippen molar-refractivity contribution in [1.29, 1.82) is 0 Å². The average Bonchev–Trinajstić information content (AvgIpc) is 2.59. The van der Waals surface area contributed by atoms with Gasteiger partial charge in [-0.2, -0.15) is 0 Å². The smallest absolute Gasteiger partial charge is 0.334 e. The molecule has 3 nitrogen and oxygen atoms in total. The van der Waals surface area contributed by atoms with Crippen LogP contribution in [-0.2, 0) is 9.53 Å². The Balaban J connectivity index is 2.29. The van der Waals surface area contributed by atoms with Gasteiger partial charge in [-0.15, -0.1) is 0 Å². The monoisotopic (exact) mass is 248 g/mol. The molecule has 1 saturated heterocycles. The Morgan fingerprint density at radius 3 is 2.89 bits per heavy atom. The summed E-state index contributed by atoms with van der Waals surface area (Å²) in [6.45, 7) is 7.76. The van der Waals surface area contributed by atoms with Crippen molar-refractivity contribution >= 4 is 5.97 Å². The Labute approximate surface area is 108 Å². The molecule has 0 aromatic heterocycles. The maximum atomic E-state index is 11.6. The highest BCUT2D eigenvalue weighted by Gasteiger charge is 2.37. The van der Waals surface area contributed by atoms with E-state index in [2.05, 4.69) is 19.6 Å². The van der Waals surface area contributed by atoms with Crippen LogP contribution in [0.5, 0.6) is 0 Å². The fourth-order valence-electron chi connectivity index (χ4n) is 2.47. The molecule has 1 heterocycles. The summed E-state index contributed by atoms with van der Waals surface area (Å²) < 4.78 is 5.32. The molecule has 0 spiro atoms. The Morgan fingerprint density at radius 1 is 1.44 bits per heavy atom. The number of aliphatic hydroxyl groups excluding tert-OH is 1. The largest absolute Gasteiger partial charge is 0.454 e. The highest BCUT2D eigenvalue weighted by Crippen LogP contribution is 2.34. The first kappa shape index (κ1) is 13.1. The minimum Gasteiger partial charge on any atom is -0.454 e. The molecular weight excluding hydrogens is 228 g/mol. The molecule has 2 aliphatic rings. The van der Waals surface area contributed by atoms with Crippen LogP contribution in [0.25, 0.3) is 0 Å². The summed E-state index contributed by atoms with van der Waals surface area (Å²) in [7, 11) is 0. The van der Waals surface area contributed by atoms with E-state index in [9.17, 15) is 9.90 Å². The van der Waals surface area contributed by atoms with Gasteiger partial charge in [-0.1, -0.05) is 18.2 Å². The predicted octanol–water partition coefficient (Wildman–Crippen LogP) is 2.52. The Bertz CT molecular complexity index is 431. The van der Waals surface area contributed by atoms with Gasteiger partial charge >= 0.3 is 5.97 Å². The van der Waals surface area contributed by atoms with Crippen LogP contribution in [0, 0.1) is 5.92 Å². The van der Waals surface area contributed by atoms with Crippen LogP contribution in [0.2, 0.25) is 0 Å². The SMILES string of the molecule is C=C1C(=O)O[C@H]2/C=C(\C)[C@H](O)C/C=C(\C)CC[C@@H]12. The van der Waals surface area contributed by atoms with Crippen molar-refractivity contribution < 1.29 is 14.6 Å². The van der Waals surface area contributed by atoms with Gasteiger partial charge in [-0.05, 0) is 44.8 Å². The second kappa shape index (κ2) is 5.11. The highest BCUT2D eigenvalue weighted by atomic mass is 16.5. The Kier molecular flexibility index (Phi) is 3.71. The summed E-state index contributed by atoms with van der Waals surface area (Å²) >= 11 is 0. The fraction of sp³-hybridized carbons (Fsp3) is 0.533. The van der Waals surface area contributed by atoms with Crippen LogP contribution >= 0.6 is 0 Å². The third-order valence-electron chi connectivity index (χ3n) is 3.84. The van der Waals surface area contributed by atoms with E-state index in [4.69, 9.17) is 4.74 Å². The summed E-state index contributed by atoms with van der Waals surface area (Å²) in [5.74, 6) is -0.259. The first-order valence-electron chi connectivity index (χ1n) is 6.41. The number of rotatable bonds is 0. The molecule has 0 aromatic carbocycles. The minimum atomic E-state index is -0.494. The first-order valence-corrected chi connectivity index (χ1v) is 6.41. The van der Waals surface area contributed by atoms with Crippen LogP contribution < -0.4 is 0 Å². The predicted molar refractivity (Wildman–Crippen MR) is 69.9 cm³/mol. The number of hydrogen-bond donors (Lipinski definition) is 1. The number of hydrogen-bond acceptors (Lipinski definition) is 3. The van der Waals surface area contributed by atoms with E-state index in [1.807, 2.05) is 13.0 Å². The fourth-order valence-corrected chi connectivity index (χ4v) is 2.47. The normalized spacial score (nSPS) is 39.2. The van der Waals surface area contributed by atoms with Crippen LogP contribution in [0.15, 0.2) is 35.5 Å². The van der Waals surface area contributed by atoms with Gasteiger partial charge in [0.1, 0.15) is 6.10 Å². The molecule has 18 heavy (non-hydrogen) atoms. The number of esters is 1. The molecule has 1 N–H and O–H groups in total. The van der Waals surface area contributed by atoms with Gasteiger partial charge in [0.05, 0.1) is 6.10 Å². The second-order valence-corrected chi connectivity index (χ2v) is 5.25. The number of fused-ring (bicyclic) bond motifs is 1. The molecule has 0 unspecified atom stereocenters. The summed E-state index contributed by atoms with van der Waals surface area (Å²) in [5, 5.41) is 9.99. The summed E-state index contributed by atoms with van der Waals surface area (Å²) in [6.07, 6.45) is 5.61. The topological polar surface area (TPSA) is 46.5 Å². The lowest BCUT2D eigenvalue weighted by Gasteiger charge is -2.19. The van der Waals surface area contributed by atoms with Gasteiger partial charge in [-0.3, -0.25) is 0 Å². The molecule has 98 valence electrons. The number of carbonyl (C=O) groups excluding carboxylic acids is 1. The van der Waals surface area contributed by atoms with Gasteiger partial charge in [0, 0.05) is 11.5 Å². The summed E-state index contributed by atoms with van der Waals surface area (Å²) in [4.78, 5) is 11.6. The van der Waals surface area contributed by atoms with E-state index in [0.29, 0.717) is 12.0 Å². The molecule has 2 rings (SSSR count). The van der Waals surface area contributed by atoms with E-state index in [1.165, 1.54) is 5.57 Å². The van der Waals surface area contributed by atoms with Crippen molar-refractivity contribution in [3.63, 3.8) is 0 Å². The molecule has 0 saturated carbocycles. The third kappa shape index (κ3) is 2.56. The maximum Gasteiger partial charge on any atom is 0.334 e. The molecule has 1 aliphatic heterocycles. The standard InChI is InChI=1S/C15H20O3/c1-9-4-6-12-11(3)15(17)18-14(12)8-10(2)13(16)7-5-9/h5,8,12-14,16H,3-4,6-7H2,1-2H3/b9-5+,10-8+/t12-,13+,14-/m0/s1. The zero-order chi connectivity index (χ0) is 13.3. The second-order valence-electron chi connectivity index (χ2n) is 5.25. The molecule has 0 bridgehead atoms. The quantitative estimate of drug-likeness (QED) is 0.407. The number of allylic oxidation sites excluding steroid dienone is 1. The van der Waals surface area contributed by atoms with E-state index < -0.39 is 6.10 Å². The lowest BCUT2D eigenvalue weighted by Crippen LogP contribution is -2.18. The van der Waals surface area contributed by atoms with Crippen molar-refractivity contribution in [2.24, 2.45) is 5.92 Å². The Morgan fingerprint density at radius 2 is 2.17 bits per heavy atom. The molecule has 0 aromatic rings. The van der Waals surface area contributed by atoms with E-state index in [1.54, 1.807) is 0 Å². The number of aliphatic hydroxyl groups is 1. The average molecular weight is 248 g/mol. The van der Waals surface area contributed by atoms with Gasteiger partial charge in [-0.25, -0.2) is 4.79 Å². The van der Waals surface area contributed by atoms with Crippen LogP contribution in [0.1, 0.15) is 33.1 Å². The van der Waals surface area contributed by atoms with Gasteiger partial charge in [0.25, 0.3) is 0 Å². The van der Waals surface area contributed by atoms with Crippen molar-refractivity contribution in [3.8, 4) is 0 Å². The lowest BCUT2D eigenvalue weighted by molar-refractivity contribution is -0.137. The van der Waals surface area contributed by atoms with Crippen molar-refractivity contribution in [2.75, 3.05) is 0 Å². The molecule has 3 heteroatoms. The highest BCUT2D eigenvalue weighted by molar-refractivity contribution is 5.91. The molecular formula is C15H20O3. The Hall–Kier alpha value is -1.35. The third-order valence-corrected chi connectivity index (χ3v) is 3.84. The van der Waals surface area contributed by atoms with Crippen LogP contribution in [0.4, 0.5) is 0 Å². The van der Waals surface area contributed by atoms with E-state index in [0.717, 1.165) is 18.4 Å². The van der Waals surface area contributed by atoms with Gasteiger partial charge in [0.2, 0.25) is 0 Å². The number of ether oxygens (including phenoxy) is 1. The van der Waals surface area contributed by atoms with Crippen LogP contribution in [0.3, 0.4) is 0 Å². The molecule has 0 radical (unpaired) electrons. The van der Waals surface area contributed by atoms with Crippen LogP contribution in [-0.4, -0.2) is 23.3 Å². The summed E-state index contributed by atoms with van der Waals surface area (Å²) in [5.41, 5.74) is 2.67. The minimum absolute atomic E-state index is 0.0427. The van der Waals surface area contributed by atoms with Gasteiger partial charge < -0.3 is 9.84 Å². The maximum absolute atomic E-state index is 11.6. The molecule has 0 amide bonds. The van der Waals surface area contributed by atoms with E-state index in [-0.39, 0.29) is 18.0 Å². The number of carbonyl (C=O) groups is 1. The summed E-state index contributed by atoms with van der Waals surface area (Å²) in [6, 6.07) is 0. The van der Waals surface area contributed by atoms with Gasteiger partial charge in [0.15, 0.2) is 0 Å². The van der Waals surface area contributed by atoms with Crippen molar-refractivity contribution in [2.45, 2.75) is 45.3 Å². The first-order chi connectivity index (χ1) is 8.49.